The zero-order valence-electron chi connectivity index (χ0n) is 13.3. The van der Waals surface area contributed by atoms with Crippen LogP contribution in [0.3, 0.4) is 0 Å². The van der Waals surface area contributed by atoms with Gasteiger partial charge in [0.2, 0.25) is 0 Å². The molecule has 4 rings (SSSR count). The first-order valence-electron chi connectivity index (χ1n) is 8.05. The normalized spacial score (nSPS) is 30.4. The van der Waals surface area contributed by atoms with Gasteiger partial charge in [0.05, 0.1) is 28.4 Å². The van der Waals surface area contributed by atoms with Crippen LogP contribution in [0.15, 0.2) is 18.2 Å². The molecule has 2 aromatic heterocycles. The second-order valence-electron chi connectivity index (χ2n) is 6.63. The van der Waals surface area contributed by atoms with Crippen LogP contribution < -0.4 is 5.32 Å². The Morgan fingerprint density at radius 1 is 1.35 bits per heavy atom. The minimum Gasteiger partial charge on any atom is -0.369 e. The van der Waals surface area contributed by atoms with E-state index in [4.69, 9.17) is 16.3 Å². The van der Waals surface area contributed by atoms with Gasteiger partial charge in [-0.3, -0.25) is 0 Å². The summed E-state index contributed by atoms with van der Waals surface area (Å²) in [6.45, 7) is 4.93. The quantitative estimate of drug-likeness (QED) is 0.851. The van der Waals surface area contributed by atoms with Crippen molar-refractivity contribution in [3.05, 3.63) is 44.4 Å². The number of hydrogen-bond donors (Lipinski definition) is 1. The molecule has 2 aromatic rings. The number of hydrogen-bond acceptors (Lipinski definition) is 5. The monoisotopic (exact) mass is 349 g/mol. The molecule has 1 fully saturated rings. The smallest absolute Gasteiger partial charge is 0.106 e. The van der Waals surface area contributed by atoms with Gasteiger partial charge in [-0.25, -0.2) is 0 Å². The van der Waals surface area contributed by atoms with E-state index in [2.05, 4.69) is 34.6 Å². The molecule has 1 spiro atoms. The molecule has 0 amide bonds. The van der Waals surface area contributed by atoms with Crippen molar-refractivity contribution in [3.63, 3.8) is 0 Å². The fourth-order valence-electron chi connectivity index (χ4n) is 3.85. The molecule has 2 aliphatic heterocycles. The predicted molar refractivity (Wildman–Crippen MR) is 92.0 cm³/mol. The lowest BCUT2D eigenvalue weighted by molar-refractivity contribution is -0.0958. The largest absolute Gasteiger partial charge is 0.369 e. The average molecular weight is 350 g/mol. The maximum absolute atomic E-state index is 6.36. The van der Waals surface area contributed by atoms with Gasteiger partial charge < -0.3 is 10.1 Å². The molecule has 4 heterocycles. The van der Waals surface area contributed by atoms with Gasteiger partial charge in [-0.2, -0.15) is 10.2 Å². The molecule has 0 aliphatic carbocycles. The number of fused-ring (bicyclic) bond motifs is 2. The van der Waals surface area contributed by atoms with Gasteiger partial charge in [0.25, 0.3) is 0 Å². The summed E-state index contributed by atoms with van der Waals surface area (Å²) in [4.78, 5) is 1.31. The Morgan fingerprint density at radius 3 is 3.00 bits per heavy atom. The number of piperidine rings is 1. The van der Waals surface area contributed by atoms with Crippen molar-refractivity contribution in [3.8, 4) is 0 Å². The van der Waals surface area contributed by atoms with Crippen LogP contribution in [-0.4, -0.2) is 22.8 Å². The first-order valence-corrected chi connectivity index (χ1v) is 9.24. The molecule has 6 heteroatoms. The number of aromatic nitrogens is 2. The van der Waals surface area contributed by atoms with E-state index in [9.17, 15) is 0 Å². The molecule has 23 heavy (non-hydrogen) atoms. The van der Waals surface area contributed by atoms with E-state index >= 15 is 0 Å². The summed E-state index contributed by atoms with van der Waals surface area (Å²) in [5.41, 5.74) is 3.04. The van der Waals surface area contributed by atoms with Crippen LogP contribution in [0.4, 0.5) is 0 Å². The van der Waals surface area contributed by atoms with Crippen molar-refractivity contribution in [2.45, 2.75) is 50.8 Å². The predicted octanol–water partition coefficient (Wildman–Crippen LogP) is 3.78. The summed E-state index contributed by atoms with van der Waals surface area (Å²) in [6, 6.07) is 6.70. The van der Waals surface area contributed by atoms with E-state index in [1.54, 1.807) is 11.3 Å². The summed E-state index contributed by atoms with van der Waals surface area (Å²) < 4.78 is 7.21. The SMILES string of the molecule is Cc1ccc([C@@H]2C[C@]3(C[C@H](C)N2)OCCc2cc(Cl)sc23)nn1. The van der Waals surface area contributed by atoms with E-state index in [-0.39, 0.29) is 11.6 Å². The van der Waals surface area contributed by atoms with Gasteiger partial charge in [0.1, 0.15) is 5.60 Å². The van der Waals surface area contributed by atoms with Gasteiger partial charge in [-0.15, -0.1) is 11.3 Å². The second kappa shape index (κ2) is 5.81. The van der Waals surface area contributed by atoms with Gasteiger partial charge in [0.15, 0.2) is 0 Å². The lowest BCUT2D eigenvalue weighted by Gasteiger charge is -2.45. The summed E-state index contributed by atoms with van der Waals surface area (Å²) in [5, 5.41) is 12.2. The Morgan fingerprint density at radius 2 is 2.22 bits per heavy atom. The van der Waals surface area contributed by atoms with Crippen molar-refractivity contribution in [2.75, 3.05) is 6.61 Å². The zero-order chi connectivity index (χ0) is 16.0. The van der Waals surface area contributed by atoms with Crippen molar-refractivity contribution >= 4 is 22.9 Å². The van der Waals surface area contributed by atoms with Crippen LogP contribution in [0.2, 0.25) is 4.34 Å². The standard InChI is InChI=1S/C17H20ClN3OS/c1-10-3-4-13(21-20-10)14-9-17(8-11(2)19-14)16-12(5-6-22-17)7-15(18)23-16/h3-4,7,11,14,19H,5-6,8-9H2,1-2H3/t11-,14-,17-/m0/s1. The maximum atomic E-state index is 6.36. The molecule has 0 bridgehead atoms. The fourth-order valence-corrected chi connectivity index (χ4v) is 5.31. The van der Waals surface area contributed by atoms with Crippen LogP contribution in [0, 0.1) is 6.92 Å². The molecule has 0 saturated carbocycles. The average Bonchev–Trinajstić information content (AvgIpc) is 2.90. The van der Waals surface area contributed by atoms with E-state index in [1.165, 1.54) is 10.4 Å². The number of halogens is 1. The van der Waals surface area contributed by atoms with Gasteiger partial charge in [-0.05, 0) is 50.5 Å². The molecule has 3 atom stereocenters. The Kier molecular flexibility index (Phi) is 3.92. The molecule has 0 unspecified atom stereocenters. The van der Waals surface area contributed by atoms with Crippen LogP contribution in [0.1, 0.15) is 47.6 Å². The van der Waals surface area contributed by atoms with Crippen molar-refractivity contribution < 1.29 is 4.74 Å². The van der Waals surface area contributed by atoms with Crippen LogP contribution >= 0.6 is 22.9 Å². The summed E-state index contributed by atoms with van der Waals surface area (Å²) in [7, 11) is 0. The topological polar surface area (TPSA) is 47.0 Å². The minimum absolute atomic E-state index is 0.152. The number of nitrogens with zero attached hydrogens (tertiary/aromatic N) is 2. The summed E-state index contributed by atoms with van der Waals surface area (Å²) in [5.74, 6) is 0. The van der Waals surface area contributed by atoms with Crippen molar-refractivity contribution in [1.82, 2.24) is 15.5 Å². The molecule has 0 radical (unpaired) electrons. The van der Waals surface area contributed by atoms with Gasteiger partial charge in [-0.1, -0.05) is 11.6 Å². The fraction of sp³-hybridized carbons (Fsp3) is 0.529. The molecule has 122 valence electrons. The molecule has 1 saturated heterocycles. The number of nitrogens with one attached hydrogen (secondary N) is 1. The molecule has 1 N–H and O–H groups in total. The van der Waals surface area contributed by atoms with Crippen LogP contribution in [-0.2, 0) is 16.8 Å². The molecule has 0 aromatic carbocycles. The van der Waals surface area contributed by atoms with Gasteiger partial charge >= 0.3 is 0 Å². The Labute approximate surface area is 145 Å². The number of ether oxygens (including phenoxy) is 1. The molecular weight excluding hydrogens is 330 g/mol. The van der Waals surface area contributed by atoms with Gasteiger partial charge in [0, 0.05) is 17.3 Å². The first kappa shape index (κ1) is 15.5. The first-order chi connectivity index (χ1) is 11.1. The molecular formula is C17H20ClN3OS. The third kappa shape index (κ3) is 2.80. The van der Waals surface area contributed by atoms with E-state index in [0.717, 1.165) is 41.6 Å². The Hall–Kier alpha value is -1.01. The van der Waals surface area contributed by atoms with E-state index in [0.29, 0.717) is 6.04 Å². The number of thiophene rings is 1. The van der Waals surface area contributed by atoms with Crippen molar-refractivity contribution in [2.24, 2.45) is 0 Å². The minimum atomic E-state index is -0.243. The zero-order valence-corrected chi connectivity index (χ0v) is 14.9. The third-order valence-electron chi connectivity index (χ3n) is 4.77. The van der Waals surface area contributed by atoms with E-state index < -0.39 is 0 Å². The van der Waals surface area contributed by atoms with E-state index in [1.807, 2.05) is 13.0 Å². The summed E-state index contributed by atoms with van der Waals surface area (Å²) >= 11 is 7.96. The highest BCUT2D eigenvalue weighted by molar-refractivity contribution is 7.16. The Bertz CT molecular complexity index is 717. The Balaban J connectivity index is 1.71. The molecule has 2 aliphatic rings. The molecule has 4 nitrogen and oxygen atoms in total. The highest BCUT2D eigenvalue weighted by Crippen LogP contribution is 2.49. The lowest BCUT2D eigenvalue weighted by Crippen LogP contribution is -2.49. The number of rotatable bonds is 1. The maximum Gasteiger partial charge on any atom is 0.106 e. The number of aryl methyl sites for hydroxylation is 1. The highest BCUT2D eigenvalue weighted by atomic mass is 35.5. The highest BCUT2D eigenvalue weighted by Gasteiger charge is 2.46. The van der Waals surface area contributed by atoms with Crippen molar-refractivity contribution in [1.29, 1.82) is 0 Å². The summed E-state index contributed by atoms with van der Waals surface area (Å²) in [6.07, 6.45) is 2.79. The van der Waals surface area contributed by atoms with Crippen LogP contribution in [0.5, 0.6) is 0 Å². The van der Waals surface area contributed by atoms with Crippen LogP contribution in [0.25, 0.3) is 0 Å². The second-order valence-corrected chi connectivity index (χ2v) is 8.31. The third-order valence-corrected chi connectivity index (χ3v) is 6.27. The lowest BCUT2D eigenvalue weighted by atomic mass is 9.79.